The lowest BCUT2D eigenvalue weighted by Gasteiger charge is -2.34. The number of carbonyl (C=O) groups is 1. The smallest absolute Gasteiger partial charge is 0.239 e. The van der Waals surface area contributed by atoms with Gasteiger partial charge in [-0.15, -0.1) is 0 Å². The first-order valence-corrected chi connectivity index (χ1v) is 7.15. The van der Waals surface area contributed by atoms with Gasteiger partial charge in [0.2, 0.25) is 5.91 Å². The molecule has 5 nitrogen and oxygen atoms in total. The summed E-state index contributed by atoms with van der Waals surface area (Å²) in [7, 11) is 0. The van der Waals surface area contributed by atoms with Gasteiger partial charge in [0.25, 0.3) is 0 Å². The van der Waals surface area contributed by atoms with Gasteiger partial charge in [0.15, 0.2) is 0 Å². The zero-order valence-corrected chi connectivity index (χ0v) is 12.0. The number of anilines is 1. The zero-order chi connectivity index (χ0) is 14.4. The Labute approximate surface area is 120 Å². The molecule has 0 bridgehead atoms. The number of amides is 1. The zero-order valence-electron chi connectivity index (χ0n) is 12.0. The molecule has 1 aliphatic rings. The highest BCUT2D eigenvalue weighted by Gasteiger charge is 2.29. The molecule has 1 unspecified atom stereocenters. The lowest BCUT2D eigenvalue weighted by atomic mass is 10.1. The SMILES string of the molecule is CCCNC(=O)C1COCCN1Cc1ccccc1N. The van der Waals surface area contributed by atoms with Gasteiger partial charge in [-0.05, 0) is 18.1 Å². The first kappa shape index (κ1) is 14.8. The summed E-state index contributed by atoms with van der Waals surface area (Å²) in [5.41, 5.74) is 7.81. The summed E-state index contributed by atoms with van der Waals surface area (Å²) in [6, 6.07) is 7.56. The van der Waals surface area contributed by atoms with Gasteiger partial charge in [-0.3, -0.25) is 9.69 Å². The van der Waals surface area contributed by atoms with E-state index in [-0.39, 0.29) is 11.9 Å². The molecule has 1 aliphatic heterocycles. The summed E-state index contributed by atoms with van der Waals surface area (Å²) in [5, 5.41) is 2.94. The fourth-order valence-electron chi connectivity index (χ4n) is 2.33. The van der Waals surface area contributed by atoms with Crippen LogP contribution in [-0.4, -0.2) is 43.2 Å². The number of benzene rings is 1. The fraction of sp³-hybridized carbons (Fsp3) is 0.533. The number of nitrogens with two attached hydrogens (primary N) is 1. The van der Waals surface area contributed by atoms with Crippen LogP contribution in [0.5, 0.6) is 0 Å². The summed E-state index contributed by atoms with van der Waals surface area (Å²) in [4.78, 5) is 14.3. The van der Waals surface area contributed by atoms with Crippen LogP contribution in [0.25, 0.3) is 0 Å². The van der Waals surface area contributed by atoms with Gasteiger partial charge < -0.3 is 15.8 Å². The van der Waals surface area contributed by atoms with Crippen molar-refractivity contribution in [1.29, 1.82) is 0 Å². The predicted molar refractivity (Wildman–Crippen MR) is 79.2 cm³/mol. The molecule has 1 aromatic rings. The standard InChI is InChI=1S/C15H23N3O2/c1-2-7-17-15(19)14-11-20-9-8-18(14)10-12-5-3-4-6-13(12)16/h3-6,14H,2,7-11,16H2,1H3,(H,17,19). The summed E-state index contributed by atoms with van der Waals surface area (Å²) >= 11 is 0. The minimum absolute atomic E-state index is 0.0426. The molecule has 3 N–H and O–H groups in total. The highest BCUT2D eigenvalue weighted by atomic mass is 16.5. The van der Waals surface area contributed by atoms with Crippen LogP contribution in [0.4, 0.5) is 5.69 Å². The number of rotatable bonds is 5. The van der Waals surface area contributed by atoms with Gasteiger partial charge in [0, 0.05) is 25.3 Å². The van der Waals surface area contributed by atoms with Crippen LogP contribution in [0.15, 0.2) is 24.3 Å². The predicted octanol–water partition coefficient (Wildman–Crippen LogP) is 0.996. The monoisotopic (exact) mass is 277 g/mol. The number of carbonyl (C=O) groups excluding carboxylic acids is 1. The van der Waals surface area contributed by atoms with Crippen LogP contribution in [0.3, 0.4) is 0 Å². The molecule has 0 radical (unpaired) electrons. The highest BCUT2D eigenvalue weighted by molar-refractivity contribution is 5.82. The van der Waals surface area contributed by atoms with Gasteiger partial charge >= 0.3 is 0 Å². The molecule has 2 rings (SSSR count). The molecule has 0 aromatic heterocycles. The maximum atomic E-state index is 12.2. The lowest BCUT2D eigenvalue weighted by molar-refractivity contribution is -0.132. The highest BCUT2D eigenvalue weighted by Crippen LogP contribution is 2.17. The second-order valence-electron chi connectivity index (χ2n) is 5.05. The van der Waals surface area contributed by atoms with E-state index in [0.29, 0.717) is 26.3 Å². The molecule has 1 amide bonds. The average molecular weight is 277 g/mol. The summed E-state index contributed by atoms with van der Waals surface area (Å²) < 4.78 is 5.45. The van der Waals surface area contributed by atoms with Crippen LogP contribution < -0.4 is 11.1 Å². The summed E-state index contributed by atoms with van der Waals surface area (Å²) in [6.45, 7) is 5.28. The number of nitrogen functional groups attached to an aromatic ring is 1. The van der Waals surface area contributed by atoms with E-state index in [9.17, 15) is 4.79 Å². The van der Waals surface area contributed by atoms with Crippen LogP contribution >= 0.6 is 0 Å². The molecule has 0 saturated carbocycles. The number of nitrogens with one attached hydrogen (secondary N) is 1. The van der Waals surface area contributed by atoms with Crippen molar-refractivity contribution in [3.8, 4) is 0 Å². The van der Waals surface area contributed by atoms with E-state index in [1.54, 1.807) is 0 Å². The van der Waals surface area contributed by atoms with E-state index in [0.717, 1.165) is 24.2 Å². The molecule has 1 heterocycles. The summed E-state index contributed by atoms with van der Waals surface area (Å²) in [5.74, 6) is 0.0426. The fourth-order valence-corrected chi connectivity index (χ4v) is 2.33. The first-order chi connectivity index (χ1) is 9.72. The van der Waals surface area contributed by atoms with Crippen molar-refractivity contribution in [2.24, 2.45) is 0 Å². The van der Waals surface area contributed by atoms with E-state index in [1.165, 1.54) is 0 Å². The number of morpholine rings is 1. The van der Waals surface area contributed by atoms with E-state index in [4.69, 9.17) is 10.5 Å². The molecule has 1 aromatic carbocycles. The number of para-hydroxylation sites is 1. The number of ether oxygens (including phenoxy) is 1. The molecular weight excluding hydrogens is 254 g/mol. The Balaban J connectivity index is 2.03. The third-order valence-corrected chi connectivity index (χ3v) is 3.52. The van der Waals surface area contributed by atoms with Crippen molar-refractivity contribution >= 4 is 11.6 Å². The lowest BCUT2D eigenvalue weighted by Crippen LogP contribution is -2.53. The Bertz CT molecular complexity index is 450. The van der Waals surface area contributed by atoms with E-state index < -0.39 is 0 Å². The van der Waals surface area contributed by atoms with Gasteiger partial charge in [0.1, 0.15) is 6.04 Å². The van der Waals surface area contributed by atoms with Crippen molar-refractivity contribution in [2.45, 2.75) is 25.9 Å². The van der Waals surface area contributed by atoms with E-state index in [2.05, 4.69) is 10.2 Å². The largest absolute Gasteiger partial charge is 0.398 e. The number of hydrogen-bond donors (Lipinski definition) is 2. The Morgan fingerprint density at radius 2 is 2.30 bits per heavy atom. The maximum absolute atomic E-state index is 12.2. The quantitative estimate of drug-likeness (QED) is 0.788. The Morgan fingerprint density at radius 3 is 3.05 bits per heavy atom. The summed E-state index contributed by atoms with van der Waals surface area (Å²) in [6.07, 6.45) is 0.935. The molecule has 1 fully saturated rings. The molecule has 5 heteroatoms. The second-order valence-corrected chi connectivity index (χ2v) is 5.05. The third-order valence-electron chi connectivity index (χ3n) is 3.52. The minimum atomic E-state index is -0.227. The average Bonchev–Trinajstić information content (AvgIpc) is 2.48. The molecule has 1 atom stereocenters. The topological polar surface area (TPSA) is 67.6 Å². The maximum Gasteiger partial charge on any atom is 0.239 e. The molecule has 0 aliphatic carbocycles. The molecular formula is C15H23N3O2. The van der Waals surface area contributed by atoms with Crippen molar-refractivity contribution < 1.29 is 9.53 Å². The Hall–Kier alpha value is -1.59. The van der Waals surface area contributed by atoms with Gasteiger partial charge in [-0.1, -0.05) is 25.1 Å². The third kappa shape index (κ3) is 3.71. The molecule has 20 heavy (non-hydrogen) atoms. The Morgan fingerprint density at radius 1 is 1.50 bits per heavy atom. The second kappa shape index (κ2) is 7.26. The van der Waals surface area contributed by atoms with Crippen LogP contribution in [0.2, 0.25) is 0 Å². The normalized spacial score (nSPS) is 19.8. The van der Waals surface area contributed by atoms with Crippen LogP contribution in [0, 0.1) is 0 Å². The van der Waals surface area contributed by atoms with E-state index in [1.807, 2.05) is 31.2 Å². The van der Waals surface area contributed by atoms with Gasteiger partial charge in [-0.25, -0.2) is 0 Å². The number of hydrogen-bond acceptors (Lipinski definition) is 4. The van der Waals surface area contributed by atoms with Crippen LogP contribution in [0.1, 0.15) is 18.9 Å². The number of nitrogens with zero attached hydrogens (tertiary/aromatic N) is 1. The molecule has 0 spiro atoms. The van der Waals surface area contributed by atoms with Crippen molar-refractivity contribution in [3.05, 3.63) is 29.8 Å². The van der Waals surface area contributed by atoms with Crippen molar-refractivity contribution in [2.75, 3.05) is 32.0 Å². The van der Waals surface area contributed by atoms with Crippen molar-refractivity contribution in [1.82, 2.24) is 10.2 Å². The molecule has 1 saturated heterocycles. The molecule has 110 valence electrons. The van der Waals surface area contributed by atoms with Gasteiger partial charge in [-0.2, -0.15) is 0 Å². The van der Waals surface area contributed by atoms with Crippen LogP contribution in [-0.2, 0) is 16.1 Å². The van der Waals surface area contributed by atoms with Crippen molar-refractivity contribution in [3.63, 3.8) is 0 Å². The Kier molecular flexibility index (Phi) is 5.38. The first-order valence-electron chi connectivity index (χ1n) is 7.15. The minimum Gasteiger partial charge on any atom is -0.398 e. The van der Waals surface area contributed by atoms with Gasteiger partial charge in [0.05, 0.1) is 13.2 Å². The van der Waals surface area contributed by atoms with E-state index >= 15 is 0 Å².